The summed E-state index contributed by atoms with van der Waals surface area (Å²) in [5, 5.41) is 3.97. The number of anilines is 1. The highest BCUT2D eigenvalue weighted by Gasteiger charge is 2.11. The van der Waals surface area contributed by atoms with Crippen LogP contribution in [0.25, 0.3) is 0 Å². The van der Waals surface area contributed by atoms with Crippen LogP contribution in [0, 0.1) is 6.92 Å². The Morgan fingerprint density at radius 3 is 2.33 bits per heavy atom. The average molecular weight is 409 g/mol. The van der Waals surface area contributed by atoms with E-state index < -0.39 is 6.09 Å². The van der Waals surface area contributed by atoms with Gasteiger partial charge in [0.05, 0.1) is 4.47 Å². The normalized spacial score (nSPS) is 10.3. The Labute approximate surface area is 145 Å². The Bertz CT molecular complexity index is 687. The first kappa shape index (κ1) is 16.4. The molecule has 0 radical (unpaired) electrons. The quantitative estimate of drug-likeness (QED) is 0.629. The number of carbonyl (C=O) groups is 1. The minimum atomic E-state index is -0.657. The number of nitrogens with one attached hydrogen (secondary N) is 1. The van der Waals surface area contributed by atoms with E-state index in [-0.39, 0.29) is 0 Å². The van der Waals surface area contributed by atoms with Crippen LogP contribution in [0.4, 0.5) is 10.5 Å². The summed E-state index contributed by atoms with van der Waals surface area (Å²) >= 11 is 21.0. The highest BCUT2D eigenvalue weighted by Crippen LogP contribution is 2.31. The third kappa shape index (κ3) is 4.51. The SMILES string of the molecule is Cc1cc(OC(=O)Nc2cc(Cl)cc(Cl)c2)c(Br)cc1Cl. The highest BCUT2D eigenvalue weighted by molar-refractivity contribution is 9.10. The van der Waals surface area contributed by atoms with E-state index in [0.717, 1.165) is 5.56 Å². The standard InChI is InChI=1S/C14H9BrCl3NO2/c1-7-2-13(11(15)6-12(7)18)21-14(20)19-10-4-8(16)3-9(17)5-10/h2-6H,1H3,(H,19,20). The summed E-state index contributed by atoms with van der Waals surface area (Å²) in [4.78, 5) is 11.9. The zero-order valence-corrected chi connectivity index (χ0v) is 14.6. The number of rotatable bonds is 2. The van der Waals surface area contributed by atoms with E-state index in [2.05, 4.69) is 21.2 Å². The molecule has 0 atom stereocenters. The maximum absolute atomic E-state index is 11.9. The van der Waals surface area contributed by atoms with Crippen molar-refractivity contribution in [2.75, 3.05) is 5.32 Å². The third-order valence-electron chi connectivity index (χ3n) is 2.52. The Kier molecular flexibility index (Phi) is 5.38. The first-order chi connectivity index (χ1) is 9.85. The van der Waals surface area contributed by atoms with Crippen molar-refractivity contribution in [3.8, 4) is 5.75 Å². The molecular formula is C14H9BrCl3NO2. The molecule has 1 amide bonds. The van der Waals surface area contributed by atoms with Gasteiger partial charge in [-0.3, -0.25) is 5.32 Å². The van der Waals surface area contributed by atoms with Gasteiger partial charge in [-0.2, -0.15) is 0 Å². The van der Waals surface area contributed by atoms with Crippen molar-refractivity contribution in [2.24, 2.45) is 0 Å². The number of hydrogen-bond acceptors (Lipinski definition) is 2. The molecule has 2 rings (SSSR count). The first-order valence-corrected chi connectivity index (χ1v) is 7.68. The predicted molar refractivity (Wildman–Crippen MR) is 90.0 cm³/mol. The molecule has 0 saturated heterocycles. The zero-order chi connectivity index (χ0) is 15.6. The van der Waals surface area contributed by atoms with E-state index in [1.807, 2.05) is 6.92 Å². The number of aryl methyl sites for hydroxylation is 1. The molecule has 0 heterocycles. The minimum absolute atomic E-state index is 0.363. The summed E-state index contributed by atoms with van der Waals surface area (Å²) in [7, 11) is 0. The smallest absolute Gasteiger partial charge is 0.409 e. The van der Waals surface area contributed by atoms with Crippen molar-refractivity contribution < 1.29 is 9.53 Å². The van der Waals surface area contributed by atoms with Gasteiger partial charge >= 0.3 is 6.09 Å². The maximum Gasteiger partial charge on any atom is 0.417 e. The van der Waals surface area contributed by atoms with Gasteiger partial charge in [-0.1, -0.05) is 34.8 Å². The van der Waals surface area contributed by atoms with Gasteiger partial charge < -0.3 is 4.74 Å². The molecule has 0 aliphatic carbocycles. The molecular weight excluding hydrogens is 400 g/mol. The average Bonchev–Trinajstić information content (AvgIpc) is 2.34. The number of ether oxygens (including phenoxy) is 1. The van der Waals surface area contributed by atoms with Crippen LogP contribution in [-0.2, 0) is 0 Å². The molecule has 110 valence electrons. The highest BCUT2D eigenvalue weighted by atomic mass is 79.9. The van der Waals surface area contributed by atoms with Crippen molar-refractivity contribution >= 4 is 62.5 Å². The number of carbonyl (C=O) groups excluding carboxylic acids is 1. The number of hydrogen-bond donors (Lipinski definition) is 1. The van der Waals surface area contributed by atoms with Crippen LogP contribution >= 0.6 is 50.7 Å². The summed E-state index contributed by atoms with van der Waals surface area (Å²) in [5.74, 6) is 0.363. The lowest BCUT2D eigenvalue weighted by molar-refractivity contribution is 0.215. The monoisotopic (exact) mass is 407 g/mol. The van der Waals surface area contributed by atoms with Gasteiger partial charge in [0.15, 0.2) is 0 Å². The molecule has 0 aliphatic rings. The molecule has 21 heavy (non-hydrogen) atoms. The summed E-state index contributed by atoms with van der Waals surface area (Å²) < 4.78 is 5.80. The van der Waals surface area contributed by atoms with Crippen LogP contribution < -0.4 is 10.1 Å². The minimum Gasteiger partial charge on any atom is -0.409 e. The van der Waals surface area contributed by atoms with Gasteiger partial charge in [-0.15, -0.1) is 0 Å². The molecule has 2 aromatic rings. The fourth-order valence-corrected chi connectivity index (χ4v) is 2.82. The first-order valence-electron chi connectivity index (χ1n) is 5.76. The largest absolute Gasteiger partial charge is 0.417 e. The van der Waals surface area contributed by atoms with Crippen LogP contribution in [0.15, 0.2) is 34.8 Å². The van der Waals surface area contributed by atoms with Crippen LogP contribution in [0.1, 0.15) is 5.56 Å². The second kappa shape index (κ2) is 6.88. The van der Waals surface area contributed by atoms with Gasteiger partial charge in [-0.25, -0.2) is 4.79 Å². The van der Waals surface area contributed by atoms with E-state index in [0.29, 0.717) is 31.0 Å². The van der Waals surface area contributed by atoms with Crippen molar-refractivity contribution in [1.29, 1.82) is 0 Å². The fraction of sp³-hybridized carbons (Fsp3) is 0.0714. The van der Waals surface area contributed by atoms with Crippen molar-refractivity contribution in [3.05, 3.63) is 55.4 Å². The molecule has 2 aromatic carbocycles. The van der Waals surface area contributed by atoms with Crippen LogP contribution in [0.5, 0.6) is 5.75 Å². The molecule has 0 aromatic heterocycles. The van der Waals surface area contributed by atoms with E-state index in [1.165, 1.54) is 0 Å². The van der Waals surface area contributed by atoms with Crippen molar-refractivity contribution in [2.45, 2.75) is 6.92 Å². The number of amides is 1. The maximum atomic E-state index is 11.9. The van der Waals surface area contributed by atoms with Crippen molar-refractivity contribution in [3.63, 3.8) is 0 Å². The Hall–Kier alpha value is -0.940. The van der Waals surface area contributed by atoms with Gasteiger partial charge in [0.2, 0.25) is 0 Å². The van der Waals surface area contributed by atoms with E-state index in [1.54, 1.807) is 30.3 Å². The van der Waals surface area contributed by atoms with E-state index in [4.69, 9.17) is 39.5 Å². The van der Waals surface area contributed by atoms with Crippen LogP contribution in [-0.4, -0.2) is 6.09 Å². The van der Waals surface area contributed by atoms with Crippen LogP contribution in [0.2, 0.25) is 15.1 Å². The zero-order valence-electron chi connectivity index (χ0n) is 10.7. The van der Waals surface area contributed by atoms with E-state index in [9.17, 15) is 4.79 Å². The topological polar surface area (TPSA) is 38.3 Å². The lowest BCUT2D eigenvalue weighted by Gasteiger charge is -2.10. The third-order valence-corrected chi connectivity index (χ3v) is 3.99. The van der Waals surface area contributed by atoms with E-state index >= 15 is 0 Å². The molecule has 0 saturated carbocycles. The second-order valence-corrected chi connectivity index (χ2v) is 6.34. The molecule has 0 aliphatic heterocycles. The number of benzene rings is 2. The Morgan fingerprint density at radius 2 is 1.71 bits per heavy atom. The van der Waals surface area contributed by atoms with Crippen LogP contribution in [0.3, 0.4) is 0 Å². The summed E-state index contributed by atoms with van der Waals surface area (Å²) in [6.45, 7) is 1.82. The van der Waals surface area contributed by atoms with Gasteiger partial charge in [0.1, 0.15) is 5.75 Å². The molecule has 0 spiro atoms. The molecule has 3 nitrogen and oxygen atoms in total. The van der Waals surface area contributed by atoms with Gasteiger partial charge in [0.25, 0.3) is 0 Å². The summed E-state index contributed by atoms with van der Waals surface area (Å²) in [5.41, 5.74) is 1.24. The van der Waals surface area contributed by atoms with Crippen molar-refractivity contribution in [1.82, 2.24) is 0 Å². The summed E-state index contributed by atoms with van der Waals surface area (Å²) in [6.07, 6.45) is -0.657. The Balaban J connectivity index is 2.13. The summed E-state index contributed by atoms with van der Waals surface area (Å²) in [6, 6.07) is 8.03. The Morgan fingerprint density at radius 1 is 1.10 bits per heavy atom. The molecule has 0 unspecified atom stereocenters. The number of halogens is 4. The second-order valence-electron chi connectivity index (χ2n) is 4.20. The predicted octanol–water partition coefficient (Wildman–Crippen LogP) is 6.33. The molecule has 7 heteroatoms. The molecule has 0 bridgehead atoms. The lowest BCUT2D eigenvalue weighted by atomic mass is 10.2. The molecule has 1 N–H and O–H groups in total. The lowest BCUT2D eigenvalue weighted by Crippen LogP contribution is -2.17. The van der Waals surface area contributed by atoms with Gasteiger partial charge in [0, 0.05) is 20.8 Å². The van der Waals surface area contributed by atoms with Gasteiger partial charge in [-0.05, 0) is 58.7 Å². The fourth-order valence-electron chi connectivity index (χ4n) is 1.58. The molecule has 0 fully saturated rings.